The minimum absolute atomic E-state index is 0.129. The van der Waals surface area contributed by atoms with Crippen molar-refractivity contribution in [1.82, 2.24) is 25.0 Å². The van der Waals surface area contributed by atoms with Gasteiger partial charge in [-0.25, -0.2) is 0 Å². The number of carbonyl (C=O) groups excluding carboxylic acids is 1. The molecule has 160 valence electrons. The molecule has 30 heavy (non-hydrogen) atoms. The summed E-state index contributed by atoms with van der Waals surface area (Å²) in [5.41, 5.74) is 1.06. The van der Waals surface area contributed by atoms with E-state index in [0.29, 0.717) is 11.8 Å². The van der Waals surface area contributed by atoms with Crippen LogP contribution in [0.1, 0.15) is 50.8 Å². The van der Waals surface area contributed by atoms with Crippen LogP contribution in [0, 0.1) is 11.8 Å². The van der Waals surface area contributed by atoms with Crippen molar-refractivity contribution in [2.24, 2.45) is 11.8 Å². The number of nitrogens with one attached hydrogen (secondary N) is 1. The molecule has 1 N–H and O–H groups in total. The lowest BCUT2D eigenvalue weighted by Crippen LogP contribution is -2.39. The summed E-state index contributed by atoms with van der Waals surface area (Å²) in [6.07, 6.45) is 8.93. The van der Waals surface area contributed by atoms with Crippen LogP contribution < -0.4 is 5.32 Å². The van der Waals surface area contributed by atoms with Gasteiger partial charge in [0.15, 0.2) is 11.0 Å². The predicted octanol–water partition coefficient (Wildman–Crippen LogP) is 3.65. The second-order valence-electron chi connectivity index (χ2n) is 8.96. The third-order valence-corrected chi connectivity index (χ3v) is 7.38. The van der Waals surface area contributed by atoms with Crippen molar-refractivity contribution >= 4 is 17.7 Å². The standard InChI is InChI=1S/C23H31N5OS/c29-21(24-22(17-9-10-17)18-11-12-18)16-30-23-26-25-20(15-27-13-5-2-6-14-27)28(23)19-7-3-1-4-8-19/h1,3-4,7-8,17-18,22H,2,5-6,9-16H2,(H,24,29). The van der Waals surface area contributed by atoms with Crippen LogP contribution in [0.3, 0.4) is 0 Å². The summed E-state index contributed by atoms with van der Waals surface area (Å²) < 4.78 is 2.13. The smallest absolute Gasteiger partial charge is 0.230 e. The van der Waals surface area contributed by atoms with E-state index in [4.69, 9.17) is 0 Å². The number of amides is 1. The Hall–Kier alpha value is -1.86. The number of carbonyl (C=O) groups is 1. The highest BCUT2D eigenvalue weighted by atomic mass is 32.2. The van der Waals surface area contributed by atoms with E-state index in [-0.39, 0.29) is 5.91 Å². The molecule has 2 saturated carbocycles. The molecule has 2 aromatic rings. The van der Waals surface area contributed by atoms with E-state index < -0.39 is 0 Å². The van der Waals surface area contributed by atoms with Crippen molar-refractivity contribution in [3.63, 3.8) is 0 Å². The van der Waals surface area contributed by atoms with Crippen molar-refractivity contribution in [3.05, 3.63) is 36.2 Å². The van der Waals surface area contributed by atoms with Gasteiger partial charge in [0, 0.05) is 11.7 Å². The van der Waals surface area contributed by atoms with Gasteiger partial charge in [0.2, 0.25) is 5.91 Å². The zero-order valence-corrected chi connectivity index (χ0v) is 18.3. The number of rotatable bonds is 9. The van der Waals surface area contributed by atoms with Gasteiger partial charge in [0.05, 0.1) is 12.3 Å². The molecule has 3 aliphatic rings. The average molecular weight is 426 g/mol. The highest BCUT2D eigenvalue weighted by Gasteiger charge is 2.42. The number of hydrogen-bond donors (Lipinski definition) is 1. The maximum absolute atomic E-state index is 12.7. The van der Waals surface area contributed by atoms with Gasteiger partial charge in [-0.2, -0.15) is 0 Å². The third kappa shape index (κ3) is 4.89. The Morgan fingerprint density at radius 1 is 1.03 bits per heavy atom. The van der Waals surface area contributed by atoms with Crippen LogP contribution in [0.4, 0.5) is 0 Å². The second kappa shape index (κ2) is 9.10. The lowest BCUT2D eigenvalue weighted by Gasteiger charge is -2.26. The van der Waals surface area contributed by atoms with E-state index in [9.17, 15) is 4.79 Å². The molecule has 1 saturated heterocycles. The monoisotopic (exact) mass is 425 g/mol. The molecule has 0 radical (unpaired) electrons. The fourth-order valence-electron chi connectivity index (χ4n) is 4.54. The lowest BCUT2D eigenvalue weighted by atomic mass is 10.1. The summed E-state index contributed by atoms with van der Waals surface area (Å²) in [5.74, 6) is 2.92. The Bertz CT molecular complexity index is 844. The quantitative estimate of drug-likeness (QED) is 0.622. The Labute approximate surface area is 182 Å². The van der Waals surface area contributed by atoms with Crippen molar-refractivity contribution in [2.45, 2.75) is 62.7 Å². The molecule has 2 aliphatic carbocycles. The van der Waals surface area contributed by atoms with Gasteiger partial charge < -0.3 is 5.32 Å². The van der Waals surface area contributed by atoms with E-state index in [1.54, 1.807) is 0 Å². The SMILES string of the molecule is O=C(CSc1nnc(CN2CCCCC2)n1-c1ccccc1)NC(C1CC1)C1CC1. The van der Waals surface area contributed by atoms with Gasteiger partial charge in [-0.05, 0) is 75.6 Å². The van der Waals surface area contributed by atoms with Crippen LogP contribution in [0.15, 0.2) is 35.5 Å². The first-order chi connectivity index (χ1) is 14.8. The second-order valence-corrected chi connectivity index (χ2v) is 9.91. The summed E-state index contributed by atoms with van der Waals surface area (Å²) in [7, 11) is 0. The molecule has 1 aliphatic heterocycles. The average Bonchev–Trinajstić information content (AvgIpc) is 3.70. The highest BCUT2D eigenvalue weighted by Crippen LogP contribution is 2.44. The number of nitrogens with zero attached hydrogens (tertiary/aromatic N) is 4. The fraction of sp³-hybridized carbons (Fsp3) is 0.609. The number of para-hydroxylation sites is 1. The minimum Gasteiger partial charge on any atom is -0.352 e. The lowest BCUT2D eigenvalue weighted by molar-refractivity contribution is -0.119. The molecule has 5 rings (SSSR count). The summed E-state index contributed by atoms with van der Waals surface area (Å²) in [6, 6.07) is 10.7. The minimum atomic E-state index is 0.129. The highest BCUT2D eigenvalue weighted by molar-refractivity contribution is 7.99. The van der Waals surface area contributed by atoms with Gasteiger partial charge in [-0.1, -0.05) is 36.4 Å². The molecule has 1 aromatic carbocycles. The zero-order valence-electron chi connectivity index (χ0n) is 17.5. The number of benzene rings is 1. The van der Waals surface area contributed by atoms with Gasteiger partial charge in [0.25, 0.3) is 0 Å². The molecule has 6 nitrogen and oxygen atoms in total. The first kappa shape index (κ1) is 20.1. The Balaban J connectivity index is 1.28. The molecule has 2 heterocycles. The maximum atomic E-state index is 12.7. The molecular weight excluding hydrogens is 394 g/mol. The van der Waals surface area contributed by atoms with E-state index >= 15 is 0 Å². The van der Waals surface area contributed by atoms with E-state index in [0.717, 1.165) is 48.1 Å². The van der Waals surface area contributed by atoms with Gasteiger partial charge in [-0.3, -0.25) is 14.3 Å². The molecule has 1 amide bonds. The number of hydrogen-bond acceptors (Lipinski definition) is 5. The van der Waals surface area contributed by atoms with Crippen molar-refractivity contribution in [1.29, 1.82) is 0 Å². The predicted molar refractivity (Wildman–Crippen MR) is 119 cm³/mol. The van der Waals surface area contributed by atoms with Crippen LogP contribution in [0.5, 0.6) is 0 Å². The Kier molecular flexibility index (Phi) is 6.09. The third-order valence-electron chi connectivity index (χ3n) is 6.45. The normalized spacial score (nSPS) is 19.9. The molecule has 1 aromatic heterocycles. The van der Waals surface area contributed by atoms with Crippen LogP contribution in [-0.2, 0) is 11.3 Å². The largest absolute Gasteiger partial charge is 0.352 e. The number of likely N-dealkylation sites (tertiary alicyclic amines) is 1. The van der Waals surface area contributed by atoms with Crippen LogP contribution in [0.25, 0.3) is 5.69 Å². The molecular formula is C23H31N5OS. The van der Waals surface area contributed by atoms with E-state index in [1.165, 1.54) is 56.7 Å². The van der Waals surface area contributed by atoms with Crippen LogP contribution in [0.2, 0.25) is 0 Å². The summed E-state index contributed by atoms with van der Waals surface area (Å²) in [5, 5.41) is 13.1. The van der Waals surface area contributed by atoms with E-state index in [2.05, 4.69) is 37.1 Å². The maximum Gasteiger partial charge on any atom is 0.230 e. The fourth-order valence-corrected chi connectivity index (χ4v) is 5.32. The Morgan fingerprint density at radius 2 is 1.73 bits per heavy atom. The van der Waals surface area contributed by atoms with Crippen LogP contribution in [-0.4, -0.2) is 50.5 Å². The van der Waals surface area contributed by atoms with Crippen molar-refractivity contribution in [2.75, 3.05) is 18.8 Å². The number of aromatic nitrogens is 3. The molecule has 0 spiro atoms. The van der Waals surface area contributed by atoms with Gasteiger partial charge in [0.1, 0.15) is 0 Å². The number of thioether (sulfide) groups is 1. The van der Waals surface area contributed by atoms with Crippen molar-refractivity contribution < 1.29 is 4.79 Å². The van der Waals surface area contributed by atoms with Gasteiger partial charge in [-0.15, -0.1) is 10.2 Å². The summed E-state index contributed by atoms with van der Waals surface area (Å²) >= 11 is 1.50. The molecule has 7 heteroatoms. The van der Waals surface area contributed by atoms with Crippen LogP contribution >= 0.6 is 11.8 Å². The number of piperidine rings is 1. The molecule has 0 atom stereocenters. The molecule has 3 fully saturated rings. The summed E-state index contributed by atoms with van der Waals surface area (Å²) in [6.45, 7) is 3.05. The molecule has 0 unspecified atom stereocenters. The van der Waals surface area contributed by atoms with Crippen molar-refractivity contribution in [3.8, 4) is 5.69 Å². The Morgan fingerprint density at radius 3 is 2.40 bits per heavy atom. The van der Waals surface area contributed by atoms with Gasteiger partial charge >= 0.3 is 0 Å². The molecule has 0 bridgehead atoms. The summed E-state index contributed by atoms with van der Waals surface area (Å²) in [4.78, 5) is 15.1. The topological polar surface area (TPSA) is 63.1 Å². The first-order valence-corrected chi connectivity index (χ1v) is 12.4. The zero-order chi connectivity index (χ0) is 20.3. The first-order valence-electron chi connectivity index (χ1n) is 11.4. The van der Waals surface area contributed by atoms with E-state index in [1.807, 2.05) is 18.2 Å².